The molecular weight excluding hydrogens is 431 g/mol. The first kappa shape index (κ1) is 16.5. The number of hydrogen-bond donors (Lipinski definition) is 0. The van der Waals surface area contributed by atoms with E-state index in [9.17, 15) is 9.59 Å². The van der Waals surface area contributed by atoms with Crippen molar-refractivity contribution in [3.05, 3.63) is 52.1 Å². The van der Waals surface area contributed by atoms with E-state index in [1.807, 2.05) is 18.2 Å². The molecule has 1 saturated heterocycles. The highest BCUT2D eigenvalue weighted by Gasteiger charge is 2.59. The average molecular weight is 448 g/mol. The van der Waals surface area contributed by atoms with Gasteiger partial charge in [0, 0.05) is 0 Å². The average Bonchev–Trinajstić information content (AvgIpc) is 3.27. The number of hydrogen-bond acceptors (Lipinski definition) is 4. The number of fused-ring (bicyclic) bond motifs is 5. The van der Waals surface area contributed by atoms with Crippen molar-refractivity contribution in [3.63, 3.8) is 0 Å². The van der Waals surface area contributed by atoms with Crippen LogP contribution in [0.1, 0.15) is 12.0 Å². The third kappa shape index (κ3) is 2.72. The van der Waals surface area contributed by atoms with Crippen LogP contribution in [0, 0.1) is 27.2 Å². The molecule has 1 saturated carbocycles. The number of benzene rings is 1. The Balaban J connectivity index is 1.51. The molecule has 25 heavy (non-hydrogen) atoms. The predicted octanol–water partition coefficient (Wildman–Crippen LogP) is 3.00. The van der Waals surface area contributed by atoms with Crippen LogP contribution in [-0.2, 0) is 9.59 Å². The van der Waals surface area contributed by atoms with Crippen LogP contribution in [0.25, 0.3) is 0 Å². The van der Waals surface area contributed by atoms with Crippen molar-refractivity contribution in [1.82, 2.24) is 5.01 Å². The maximum Gasteiger partial charge on any atom is 0.254 e. The van der Waals surface area contributed by atoms with Gasteiger partial charge >= 0.3 is 0 Å². The molecule has 0 aromatic heterocycles. The molecule has 5 nitrogen and oxygen atoms in total. The van der Waals surface area contributed by atoms with E-state index in [0.717, 1.165) is 26.3 Å². The molecule has 1 aliphatic heterocycles. The van der Waals surface area contributed by atoms with Crippen LogP contribution >= 0.6 is 22.6 Å². The van der Waals surface area contributed by atoms with Crippen molar-refractivity contribution in [2.45, 2.75) is 6.42 Å². The molecule has 0 unspecified atom stereocenters. The number of allylic oxidation sites excluding steroid dienone is 2. The van der Waals surface area contributed by atoms with Gasteiger partial charge in [-0.3, -0.25) is 9.59 Å². The fourth-order valence-corrected chi connectivity index (χ4v) is 4.68. The van der Waals surface area contributed by atoms with E-state index in [4.69, 9.17) is 4.74 Å². The van der Waals surface area contributed by atoms with E-state index in [2.05, 4.69) is 46.4 Å². The molecule has 3 aliphatic rings. The molecule has 4 atom stereocenters. The summed E-state index contributed by atoms with van der Waals surface area (Å²) in [6.07, 6.45) is 8.33. The number of imide groups is 1. The first-order valence-electron chi connectivity index (χ1n) is 8.23. The van der Waals surface area contributed by atoms with E-state index in [1.54, 1.807) is 12.3 Å². The minimum atomic E-state index is -0.213. The lowest BCUT2D eigenvalue weighted by Gasteiger charge is -2.13. The lowest BCUT2D eigenvalue weighted by molar-refractivity contribution is -0.140. The molecule has 2 aliphatic carbocycles. The third-order valence-corrected chi connectivity index (χ3v) is 5.92. The largest absolute Gasteiger partial charge is 0.488 e. The summed E-state index contributed by atoms with van der Waals surface area (Å²) in [7, 11) is 0. The van der Waals surface area contributed by atoms with Gasteiger partial charge < -0.3 is 4.74 Å². The van der Waals surface area contributed by atoms with Crippen LogP contribution in [0.2, 0.25) is 0 Å². The monoisotopic (exact) mass is 448 g/mol. The van der Waals surface area contributed by atoms with Crippen LogP contribution < -0.4 is 4.74 Å². The van der Waals surface area contributed by atoms with Gasteiger partial charge in [0.2, 0.25) is 0 Å². The van der Waals surface area contributed by atoms with Gasteiger partial charge in [0.1, 0.15) is 12.4 Å². The van der Waals surface area contributed by atoms with Crippen LogP contribution in [-0.4, -0.2) is 29.6 Å². The summed E-state index contributed by atoms with van der Waals surface area (Å²) in [5, 5.41) is 5.25. The number of ether oxygens (including phenoxy) is 1. The summed E-state index contributed by atoms with van der Waals surface area (Å²) in [5.74, 6) is 0.419. The Bertz CT molecular complexity index is 787. The number of halogens is 1. The molecule has 2 fully saturated rings. The topological polar surface area (TPSA) is 59.0 Å². The van der Waals surface area contributed by atoms with Crippen molar-refractivity contribution < 1.29 is 14.3 Å². The van der Waals surface area contributed by atoms with Crippen molar-refractivity contribution >= 4 is 40.6 Å². The third-order valence-electron chi connectivity index (χ3n) is 5.08. The number of hydrazone groups is 1. The molecule has 0 spiro atoms. The van der Waals surface area contributed by atoms with Crippen molar-refractivity contribution in [3.8, 4) is 5.75 Å². The number of carbonyl (C=O) groups is 2. The Kier molecular flexibility index (Phi) is 4.23. The zero-order valence-corrected chi connectivity index (χ0v) is 15.6. The number of carbonyl (C=O) groups excluding carboxylic acids is 2. The molecule has 1 heterocycles. The Labute approximate surface area is 159 Å². The first-order chi connectivity index (χ1) is 12.1. The maximum atomic E-state index is 12.6. The maximum absolute atomic E-state index is 12.6. The van der Waals surface area contributed by atoms with Crippen molar-refractivity contribution in [2.24, 2.45) is 28.8 Å². The summed E-state index contributed by atoms with van der Waals surface area (Å²) in [5.41, 5.74) is 0.814. The van der Waals surface area contributed by atoms with E-state index in [1.165, 1.54) is 0 Å². The number of nitrogens with zero attached hydrogens (tertiary/aromatic N) is 2. The van der Waals surface area contributed by atoms with Crippen LogP contribution in [0.3, 0.4) is 0 Å². The predicted molar refractivity (Wildman–Crippen MR) is 102 cm³/mol. The number of amides is 2. The van der Waals surface area contributed by atoms with Gasteiger partial charge in [0.05, 0.1) is 21.6 Å². The SMILES string of the molecule is C=CCOc1ccc(C=NN2C(=O)[C@@H]3[C@H](C2=O)[C@H]2C=C[C@H]3C2)cc1I. The van der Waals surface area contributed by atoms with E-state index < -0.39 is 0 Å². The molecule has 2 amide bonds. The minimum absolute atomic E-state index is 0.163. The second-order valence-corrected chi connectivity index (χ2v) is 7.68. The van der Waals surface area contributed by atoms with Crippen molar-refractivity contribution in [1.29, 1.82) is 0 Å². The number of rotatable bonds is 5. The van der Waals surface area contributed by atoms with Gasteiger partial charge in [-0.15, -0.1) is 0 Å². The summed E-state index contributed by atoms with van der Waals surface area (Å²) < 4.78 is 6.47. The second-order valence-electron chi connectivity index (χ2n) is 6.52. The quantitative estimate of drug-likeness (QED) is 0.301. The summed E-state index contributed by atoms with van der Waals surface area (Å²) in [6.45, 7) is 4.07. The van der Waals surface area contributed by atoms with Crippen LogP contribution in [0.15, 0.2) is 48.1 Å². The zero-order chi connectivity index (χ0) is 17.6. The molecular formula is C19H17IN2O3. The zero-order valence-electron chi connectivity index (χ0n) is 13.5. The van der Waals surface area contributed by atoms with Crippen LogP contribution in [0.4, 0.5) is 0 Å². The normalized spacial score (nSPS) is 29.7. The van der Waals surface area contributed by atoms with E-state index in [0.29, 0.717) is 6.61 Å². The van der Waals surface area contributed by atoms with Gasteiger partial charge in [-0.25, -0.2) is 0 Å². The Morgan fingerprint density at radius 1 is 1.24 bits per heavy atom. The fraction of sp³-hybridized carbons (Fsp3) is 0.316. The molecule has 128 valence electrons. The smallest absolute Gasteiger partial charge is 0.254 e. The Hall–Kier alpha value is -1.96. The molecule has 1 aromatic carbocycles. The van der Waals surface area contributed by atoms with Gasteiger partial charge in [-0.2, -0.15) is 10.1 Å². The molecule has 0 radical (unpaired) electrons. The first-order valence-corrected chi connectivity index (χ1v) is 9.31. The highest BCUT2D eigenvalue weighted by Crippen LogP contribution is 2.52. The van der Waals surface area contributed by atoms with E-state index >= 15 is 0 Å². The second kappa shape index (κ2) is 6.40. The van der Waals surface area contributed by atoms with Gasteiger partial charge in [0.25, 0.3) is 11.8 Å². The Morgan fingerprint density at radius 2 is 1.92 bits per heavy atom. The van der Waals surface area contributed by atoms with E-state index in [-0.39, 0.29) is 35.5 Å². The molecule has 1 aromatic rings. The lowest BCUT2D eigenvalue weighted by atomic mass is 9.85. The highest BCUT2D eigenvalue weighted by molar-refractivity contribution is 14.1. The summed E-state index contributed by atoms with van der Waals surface area (Å²) >= 11 is 2.18. The molecule has 2 bridgehead atoms. The molecule has 6 heteroatoms. The van der Waals surface area contributed by atoms with Crippen LogP contribution in [0.5, 0.6) is 5.75 Å². The molecule has 0 N–H and O–H groups in total. The summed E-state index contributed by atoms with van der Waals surface area (Å²) in [4.78, 5) is 25.1. The Morgan fingerprint density at radius 3 is 2.52 bits per heavy atom. The van der Waals surface area contributed by atoms with Crippen molar-refractivity contribution in [2.75, 3.05) is 6.61 Å². The minimum Gasteiger partial charge on any atom is -0.488 e. The standard InChI is InChI=1S/C19H17IN2O3/c1-2-7-25-15-6-3-11(8-14(15)20)10-21-22-18(23)16-12-4-5-13(9-12)17(16)19(22)24/h2-6,8,10,12-13,16-17H,1,7,9H2/t12-,13-,16-,17+/m0/s1. The molecule has 4 rings (SSSR count). The highest BCUT2D eigenvalue weighted by atomic mass is 127. The summed E-state index contributed by atoms with van der Waals surface area (Å²) in [6, 6.07) is 5.60. The van der Waals surface area contributed by atoms with Gasteiger partial charge in [0.15, 0.2) is 0 Å². The fourth-order valence-electron chi connectivity index (χ4n) is 3.99. The van der Waals surface area contributed by atoms with Gasteiger partial charge in [-0.1, -0.05) is 24.8 Å². The lowest BCUT2D eigenvalue weighted by Crippen LogP contribution is -2.28. The van der Waals surface area contributed by atoms with Gasteiger partial charge in [-0.05, 0) is 64.6 Å².